The summed E-state index contributed by atoms with van der Waals surface area (Å²) in [7, 11) is 0. The van der Waals surface area contributed by atoms with Crippen LogP contribution in [0.15, 0.2) is 36.8 Å². The van der Waals surface area contributed by atoms with E-state index >= 15 is 0 Å². The molecule has 0 spiro atoms. The molecule has 0 aliphatic heterocycles. The molecule has 0 aliphatic rings. The number of nitrogens with one attached hydrogen (secondary N) is 1. The Bertz CT molecular complexity index is 866. The molecule has 0 bridgehead atoms. The first-order chi connectivity index (χ1) is 11.6. The molecule has 0 unspecified atom stereocenters. The number of para-hydroxylation sites is 1. The minimum atomic E-state index is -0.599. The van der Waals surface area contributed by atoms with Crippen molar-refractivity contribution in [2.75, 3.05) is 11.9 Å². The minimum Gasteiger partial charge on any atom is -0.390 e. The van der Waals surface area contributed by atoms with Crippen LogP contribution < -0.4 is 5.32 Å². The maximum Gasteiger partial charge on any atom is 0.490 e. The second-order valence-electron chi connectivity index (χ2n) is 5.19. The second-order valence-corrected chi connectivity index (χ2v) is 5.60. The Kier molecular flexibility index (Phi) is 4.85. The summed E-state index contributed by atoms with van der Waals surface area (Å²) in [5, 5.41) is 19.3. The molecule has 0 aliphatic carbocycles. The maximum absolute atomic E-state index is 10.5. The number of aryl methyl sites for hydroxylation is 1. The van der Waals surface area contributed by atoms with E-state index < -0.39 is 4.92 Å². The first-order valence-corrected chi connectivity index (χ1v) is 7.84. The fourth-order valence-corrected chi connectivity index (χ4v) is 2.62. The Morgan fingerprint density at radius 3 is 2.92 bits per heavy atom. The van der Waals surface area contributed by atoms with Crippen molar-refractivity contribution in [2.45, 2.75) is 19.4 Å². The number of aromatic nitrogens is 4. The summed E-state index contributed by atoms with van der Waals surface area (Å²) in [5.41, 5.74) is 1.76. The standard InChI is InChI=1S/C15H15ClN6O2/c16-12-5-3-4-11-13(6-8-18-14(11)12)17-7-1-2-9-21-10-19-15(20-21)22(23)24/h3-6,8,10H,1-2,7,9H2,(H,17,18). The van der Waals surface area contributed by atoms with Gasteiger partial charge in [-0.1, -0.05) is 28.7 Å². The van der Waals surface area contributed by atoms with Gasteiger partial charge in [-0.05, 0) is 29.9 Å². The number of benzene rings is 1. The normalized spacial score (nSPS) is 10.9. The van der Waals surface area contributed by atoms with Crippen molar-refractivity contribution in [3.05, 3.63) is 51.9 Å². The van der Waals surface area contributed by atoms with Gasteiger partial charge in [0.25, 0.3) is 0 Å². The van der Waals surface area contributed by atoms with Gasteiger partial charge in [-0.3, -0.25) is 4.98 Å². The molecule has 9 heteroatoms. The quantitative estimate of drug-likeness (QED) is 0.400. The fourth-order valence-electron chi connectivity index (χ4n) is 2.39. The Balaban J connectivity index is 1.52. The van der Waals surface area contributed by atoms with Gasteiger partial charge in [0.05, 0.1) is 17.1 Å². The summed E-state index contributed by atoms with van der Waals surface area (Å²) < 4.78 is 1.49. The number of hydrogen-bond acceptors (Lipinski definition) is 6. The van der Waals surface area contributed by atoms with Crippen LogP contribution in [0.2, 0.25) is 5.02 Å². The molecule has 8 nitrogen and oxygen atoms in total. The van der Waals surface area contributed by atoms with Gasteiger partial charge in [0.2, 0.25) is 6.33 Å². The molecule has 2 aromatic heterocycles. The van der Waals surface area contributed by atoms with Crippen LogP contribution in [0.3, 0.4) is 0 Å². The number of rotatable bonds is 7. The third-order valence-corrected chi connectivity index (χ3v) is 3.84. The molecular weight excluding hydrogens is 332 g/mol. The van der Waals surface area contributed by atoms with E-state index in [1.807, 2.05) is 24.3 Å². The minimum absolute atomic E-state index is 0.367. The van der Waals surface area contributed by atoms with Crippen LogP contribution >= 0.6 is 11.6 Å². The molecule has 0 atom stereocenters. The van der Waals surface area contributed by atoms with Crippen LogP contribution in [0.5, 0.6) is 0 Å². The monoisotopic (exact) mass is 346 g/mol. The van der Waals surface area contributed by atoms with Crippen LogP contribution in [-0.4, -0.2) is 31.2 Å². The first-order valence-electron chi connectivity index (χ1n) is 7.46. The van der Waals surface area contributed by atoms with E-state index in [2.05, 4.69) is 20.4 Å². The molecule has 3 aromatic rings. The average molecular weight is 347 g/mol. The number of anilines is 1. The number of unbranched alkanes of at least 4 members (excludes halogenated alkanes) is 1. The van der Waals surface area contributed by atoms with Crippen LogP contribution in [0.25, 0.3) is 10.9 Å². The first kappa shape index (κ1) is 16.1. The number of pyridine rings is 1. The molecule has 0 saturated heterocycles. The molecule has 0 radical (unpaired) electrons. The molecule has 1 aromatic carbocycles. The number of fused-ring (bicyclic) bond motifs is 1. The lowest BCUT2D eigenvalue weighted by molar-refractivity contribution is -0.394. The molecular formula is C15H15ClN6O2. The van der Waals surface area contributed by atoms with Crippen molar-refractivity contribution >= 4 is 34.1 Å². The third kappa shape index (κ3) is 3.60. The molecule has 0 saturated carbocycles. The second kappa shape index (κ2) is 7.22. The molecule has 3 rings (SSSR count). The Labute approximate surface area is 142 Å². The average Bonchev–Trinajstić information content (AvgIpc) is 3.04. The maximum atomic E-state index is 10.5. The van der Waals surface area contributed by atoms with E-state index in [1.165, 1.54) is 11.0 Å². The van der Waals surface area contributed by atoms with E-state index in [-0.39, 0.29) is 5.95 Å². The van der Waals surface area contributed by atoms with Gasteiger partial charge in [0.15, 0.2) is 0 Å². The zero-order valence-corrected chi connectivity index (χ0v) is 13.5. The van der Waals surface area contributed by atoms with Crippen molar-refractivity contribution in [1.82, 2.24) is 19.7 Å². The predicted octanol–water partition coefficient (Wildman–Crippen LogP) is 3.28. The topological polar surface area (TPSA) is 98.8 Å². The van der Waals surface area contributed by atoms with Gasteiger partial charge in [-0.15, -0.1) is 0 Å². The van der Waals surface area contributed by atoms with E-state index in [0.717, 1.165) is 36.0 Å². The van der Waals surface area contributed by atoms with Gasteiger partial charge in [0.1, 0.15) is 0 Å². The smallest absolute Gasteiger partial charge is 0.390 e. The summed E-state index contributed by atoms with van der Waals surface area (Å²) in [6.45, 7) is 1.36. The lowest BCUT2D eigenvalue weighted by atomic mass is 10.2. The van der Waals surface area contributed by atoms with E-state index in [1.54, 1.807) is 6.20 Å². The van der Waals surface area contributed by atoms with Crippen LogP contribution in [0, 0.1) is 10.1 Å². The van der Waals surface area contributed by atoms with Gasteiger partial charge in [-0.25, -0.2) is 0 Å². The zero-order chi connectivity index (χ0) is 16.9. The molecule has 0 fully saturated rings. The Hall–Kier alpha value is -2.74. The van der Waals surface area contributed by atoms with Crippen molar-refractivity contribution in [1.29, 1.82) is 0 Å². The Morgan fingerprint density at radius 1 is 1.25 bits per heavy atom. The number of hydrogen-bond donors (Lipinski definition) is 1. The summed E-state index contributed by atoms with van der Waals surface area (Å²) in [5.74, 6) is -0.367. The van der Waals surface area contributed by atoms with Gasteiger partial charge >= 0.3 is 5.95 Å². The third-order valence-electron chi connectivity index (χ3n) is 3.54. The number of nitro groups is 1. The van der Waals surface area contributed by atoms with Gasteiger partial charge in [0, 0.05) is 28.9 Å². The highest BCUT2D eigenvalue weighted by Gasteiger charge is 2.12. The fraction of sp³-hybridized carbons (Fsp3) is 0.267. The van der Waals surface area contributed by atoms with Gasteiger partial charge < -0.3 is 15.4 Å². The lowest BCUT2D eigenvalue weighted by Crippen LogP contribution is -2.05. The van der Waals surface area contributed by atoms with E-state index in [4.69, 9.17) is 11.6 Å². The van der Waals surface area contributed by atoms with Crippen molar-refractivity contribution in [3.63, 3.8) is 0 Å². The van der Waals surface area contributed by atoms with E-state index in [0.29, 0.717) is 11.6 Å². The summed E-state index contributed by atoms with van der Waals surface area (Å²) >= 11 is 6.15. The van der Waals surface area contributed by atoms with E-state index in [9.17, 15) is 10.1 Å². The van der Waals surface area contributed by atoms with Crippen molar-refractivity contribution < 1.29 is 4.92 Å². The molecule has 1 N–H and O–H groups in total. The summed E-state index contributed by atoms with van der Waals surface area (Å²) in [6, 6.07) is 7.61. The molecule has 2 heterocycles. The number of nitrogens with zero attached hydrogens (tertiary/aromatic N) is 5. The molecule has 0 amide bonds. The highest BCUT2D eigenvalue weighted by Crippen LogP contribution is 2.26. The predicted molar refractivity (Wildman–Crippen MR) is 91.2 cm³/mol. The molecule has 24 heavy (non-hydrogen) atoms. The van der Waals surface area contributed by atoms with Crippen LogP contribution in [-0.2, 0) is 6.54 Å². The van der Waals surface area contributed by atoms with Gasteiger partial charge in [-0.2, -0.15) is 4.68 Å². The van der Waals surface area contributed by atoms with Crippen molar-refractivity contribution in [3.8, 4) is 0 Å². The van der Waals surface area contributed by atoms with Crippen LogP contribution in [0.1, 0.15) is 12.8 Å². The SMILES string of the molecule is O=[N+]([O-])c1ncn(CCCCNc2ccnc3c(Cl)cccc23)n1. The lowest BCUT2D eigenvalue weighted by Gasteiger charge is -2.09. The highest BCUT2D eigenvalue weighted by atomic mass is 35.5. The zero-order valence-electron chi connectivity index (χ0n) is 12.7. The van der Waals surface area contributed by atoms with Crippen molar-refractivity contribution in [2.24, 2.45) is 0 Å². The number of halogens is 1. The largest absolute Gasteiger partial charge is 0.490 e. The Morgan fingerprint density at radius 2 is 2.12 bits per heavy atom. The summed E-state index contributed by atoms with van der Waals surface area (Å²) in [6.07, 6.45) is 4.82. The van der Waals surface area contributed by atoms with Crippen LogP contribution in [0.4, 0.5) is 11.6 Å². The highest BCUT2D eigenvalue weighted by molar-refractivity contribution is 6.35. The molecule has 124 valence electrons. The summed E-state index contributed by atoms with van der Waals surface area (Å²) in [4.78, 5) is 17.8.